The van der Waals surface area contributed by atoms with Crippen LogP contribution in [0.2, 0.25) is 0 Å². The lowest BCUT2D eigenvalue weighted by molar-refractivity contribution is -0.700. The highest BCUT2D eigenvalue weighted by molar-refractivity contribution is 9.09. The quantitative estimate of drug-likeness (QED) is 0.426. The lowest BCUT2D eigenvalue weighted by Crippen LogP contribution is -2.97. The van der Waals surface area contributed by atoms with Crippen LogP contribution < -0.4 is 5.32 Å². The van der Waals surface area contributed by atoms with Crippen molar-refractivity contribution in [3.63, 3.8) is 0 Å². The molecule has 30 valence electrons. The molecule has 0 aromatic carbocycles. The van der Waals surface area contributed by atoms with Crippen LogP contribution in [0.4, 0.5) is 0 Å². The highest BCUT2D eigenvalue weighted by atomic mass is 79.9. The fraction of sp³-hybridized carbons (Fsp3) is 1.00. The molecule has 0 saturated carbocycles. The SMILES string of the molecule is BrC1C[NH2+]C1. The third-order valence-electron chi connectivity index (χ3n) is 0.845. The molecule has 1 heterocycles. The normalized spacial score (nSPS) is 25.8. The first-order valence-electron chi connectivity index (χ1n) is 1.85. The molecule has 1 aliphatic heterocycles. The van der Waals surface area contributed by atoms with E-state index in [1.165, 1.54) is 13.1 Å². The molecule has 2 heteroatoms. The Hall–Kier alpha value is 0.440. The highest BCUT2D eigenvalue weighted by Crippen LogP contribution is 1.94. The van der Waals surface area contributed by atoms with E-state index < -0.39 is 0 Å². The Kier molecular flexibility index (Phi) is 0.918. The molecule has 0 atom stereocenters. The number of nitrogens with two attached hydrogens (primary N) is 1. The van der Waals surface area contributed by atoms with E-state index in [9.17, 15) is 0 Å². The van der Waals surface area contributed by atoms with Gasteiger partial charge in [-0.2, -0.15) is 0 Å². The van der Waals surface area contributed by atoms with Gasteiger partial charge in [0, 0.05) is 0 Å². The molecule has 0 aliphatic carbocycles. The van der Waals surface area contributed by atoms with Crippen molar-refractivity contribution in [2.75, 3.05) is 13.1 Å². The summed E-state index contributed by atoms with van der Waals surface area (Å²) in [4.78, 5) is 0.822. The molecule has 0 aromatic heterocycles. The van der Waals surface area contributed by atoms with Crippen molar-refractivity contribution in [1.29, 1.82) is 0 Å². The third-order valence-corrected chi connectivity index (χ3v) is 1.59. The van der Waals surface area contributed by atoms with Crippen LogP contribution in [0.25, 0.3) is 0 Å². The van der Waals surface area contributed by atoms with Gasteiger partial charge in [0.15, 0.2) is 0 Å². The maximum absolute atomic E-state index is 3.43. The average molecular weight is 137 g/mol. The zero-order chi connectivity index (χ0) is 3.70. The lowest BCUT2D eigenvalue weighted by atomic mass is 10.3. The van der Waals surface area contributed by atoms with E-state index in [-0.39, 0.29) is 0 Å². The van der Waals surface area contributed by atoms with Gasteiger partial charge >= 0.3 is 0 Å². The second kappa shape index (κ2) is 1.27. The van der Waals surface area contributed by atoms with E-state index in [2.05, 4.69) is 21.2 Å². The van der Waals surface area contributed by atoms with Gasteiger partial charge in [-0.1, -0.05) is 15.9 Å². The molecule has 0 aromatic rings. The van der Waals surface area contributed by atoms with Crippen molar-refractivity contribution in [2.24, 2.45) is 0 Å². The molecule has 1 aliphatic rings. The zero-order valence-electron chi connectivity index (χ0n) is 2.95. The molecule has 0 spiro atoms. The molecule has 1 rings (SSSR count). The first-order chi connectivity index (χ1) is 2.39. The van der Waals surface area contributed by atoms with Gasteiger partial charge in [0.05, 0.1) is 13.1 Å². The Labute approximate surface area is 39.9 Å². The molecule has 1 saturated heterocycles. The molecule has 0 radical (unpaired) electrons. The molecule has 2 N–H and O–H groups in total. The number of hydrogen-bond acceptors (Lipinski definition) is 0. The Bertz CT molecular complexity index is 33.9. The molecule has 0 bridgehead atoms. The second-order valence-electron chi connectivity index (χ2n) is 1.36. The largest absolute Gasteiger partial charge is 0.344 e. The van der Waals surface area contributed by atoms with Crippen molar-refractivity contribution in [3.05, 3.63) is 0 Å². The van der Waals surface area contributed by atoms with Crippen LogP contribution in [-0.4, -0.2) is 17.9 Å². The summed E-state index contributed by atoms with van der Waals surface area (Å²) in [6.45, 7) is 2.56. The van der Waals surface area contributed by atoms with E-state index in [0.717, 1.165) is 4.83 Å². The van der Waals surface area contributed by atoms with Gasteiger partial charge in [-0.05, 0) is 0 Å². The minimum Gasteiger partial charge on any atom is -0.344 e. The monoisotopic (exact) mass is 136 g/mol. The fourth-order valence-electron chi connectivity index (χ4n) is 0.293. The van der Waals surface area contributed by atoms with Crippen LogP contribution in [0.1, 0.15) is 0 Å². The average Bonchev–Trinajstić information content (AvgIpc) is 1.30. The van der Waals surface area contributed by atoms with Gasteiger partial charge in [0.25, 0.3) is 0 Å². The summed E-state index contributed by atoms with van der Waals surface area (Å²) in [7, 11) is 0. The number of hydrogen-bond donors (Lipinski definition) is 1. The summed E-state index contributed by atoms with van der Waals surface area (Å²) in [6.07, 6.45) is 0. The van der Waals surface area contributed by atoms with E-state index >= 15 is 0 Å². The maximum Gasteiger partial charge on any atom is 0.112 e. The molecule has 1 nitrogen and oxygen atoms in total. The van der Waals surface area contributed by atoms with Crippen molar-refractivity contribution >= 4 is 15.9 Å². The maximum atomic E-state index is 3.43. The first kappa shape index (κ1) is 3.62. The van der Waals surface area contributed by atoms with E-state index in [4.69, 9.17) is 0 Å². The summed E-state index contributed by atoms with van der Waals surface area (Å²) in [6, 6.07) is 0. The Morgan fingerprint density at radius 1 is 1.60 bits per heavy atom. The number of halogens is 1. The smallest absolute Gasteiger partial charge is 0.112 e. The molecule has 0 unspecified atom stereocenters. The second-order valence-corrected chi connectivity index (χ2v) is 2.65. The van der Waals surface area contributed by atoms with Crippen LogP contribution in [0.5, 0.6) is 0 Å². The third kappa shape index (κ3) is 0.637. The van der Waals surface area contributed by atoms with Crippen LogP contribution >= 0.6 is 15.9 Å². The molecular weight excluding hydrogens is 130 g/mol. The van der Waals surface area contributed by atoms with Gasteiger partial charge in [-0.15, -0.1) is 0 Å². The van der Waals surface area contributed by atoms with Crippen molar-refractivity contribution in [2.45, 2.75) is 4.83 Å². The van der Waals surface area contributed by atoms with Gasteiger partial charge in [0.1, 0.15) is 4.83 Å². The summed E-state index contributed by atoms with van der Waals surface area (Å²) >= 11 is 3.43. The fourth-order valence-corrected chi connectivity index (χ4v) is 0.821. The van der Waals surface area contributed by atoms with Crippen LogP contribution in [-0.2, 0) is 0 Å². The number of quaternary nitrogens is 1. The van der Waals surface area contributed by atoms with Crippen LogP contribution in [0.15, 0.2) is 0 Å². The van der Waals surface area contributed by atoms with Crippen molar-refractivity contribution < 1.29 is 5.32 Å². The Balaban J connectivity index is 2.08. The number of alkyl halides is 1. The topological polar surface area (TPSA) is 16.6 Å². The summed E-state index contributed by atoms with van der Waals surface area (Å²) in [5.41, 5.74) is 0. The summed E-state index contributed by atoms with van der Waals surface area (Å²) in [5, 5.41) is 2.28. The molecule has 5 heavy (non-hydrogen) atoms. The van der Waals surface area contributed by atoms with Crippen LogP contribution in [0, 0.1) is 0 Å². The standard InChI is InChI=1S/C3H6BrN/c4-3-1-5-2-3/h3,5H,1-2H2/p+1. The van der Waals surface area contributed by atoms with Crippen molar-refractivity contribution in [1.82, 2.24) is 0 Å². The van der Waals surface area contributed by atoms with E-state index in [1.54, 1.807) is 0 Å². The van der Waals surface area contributed by atoms with Crippen LogP contribution in [0.3, 0.4) is 0 Å². The lowest BCUT2D eigenvalue weighted by Gasteiger charge is -2.14. The predicted octanol–water partition coefficient (Wildman–Crippen LogP) is -0.673. The summed E-state index contributed by atoms with van der Waals surface area (Å²) < 4.78 is 0. The minimum atomic E-state index is 0.822. The predicted molar refractivity (Wildman–Crippen MR) is 24.4 cm³/mol. The van der Waals surface area contributed by atoms with Crippen molar-refractivity contribution in [3.8, 4) is 0 Å². The molecule has 1 fully saturated rings. The van der Waals surface area contributed by atoms with Gasteiger partial charge in [-0.25, -0.2) is 0 Å². The highest BCUT2D eigenvalue weighted by Gasteiger charge is 2.15. The molecule has 0 amide bonds. The van der Waals surface area contributed by atoms with E-state index in [0.29, 0.717) is 0 Å². The van der Waals surface area contributed by atoms with Gasteiger partial charge in [0.2, 0.25) is 0 Å². The van der Waals surface area contributed by atoms with E-state index in [1.807, 2.05) is 0 Å². The minimum absolute atomic E-state index is 0.822. The number of rotatable bonds is 0. The first-order valence-corrected chi connectivity index (χ1v) is 2.77. The zero-order valence-corrected chi connectivity index (χ0v) is 4.53. The Morgan fingerprint density at radius 3 is 2.00 bits per heavy atom. The van der Waals surface area contributed by atoms with Gasteiger partial charge in [-0.3, -0.25) is 0 Å². The molecular formula is C3H7BrN+. The summed E-state index contributed by atoms with van der Waals surface area (Å²) in [5.74, 6) is 0. The van der Waals surface area contributed by atoms with Gasteiger partial charge < -0.3 is 5.32 Å². The Morgan fingerprint density at radius 2 is 2.00 bits per heavy atom.